The number of alkyl halides is 3. The first-order chi connectivity index (χ1) is 19.7. The molecule has 3 aromatic rings. The van der Waals surface area contributed by atoms with Gasteiger partial charge in [-0.2, -0.15) is 13.2 Å². The molecule has 1 aromatic heterocycles. The summed E-state index contributed by atoms with van der Waals surface area (Å²) >= 11 is 0. The van der Waals surface area contributed by atoms with E-state index in [4.69, 9.17) is 0 Å². The second kappa shape index (κ2) is 12.2. The predicted octanol–water partition coefficient (Wildman–Crippen LogP) is 5.85. The Hall–Kier alpha value is -4.00. The normalized spacial score (nSPS) is 15.9. The number of piperazine rings is 1. The summed E-state index contributed by atoms with van der Waals surface area (Å²) in [5, 5.41) is 2.64. The Kier molecular flexibility index (Phi) is 8.52. The summed E-state index contributed by atoms with van der Waals surface area (Å²) < 4.78 is 42.0. The number of hydrogen-bond acceptors (Lipinski definition) is 5. The fourth-order valence-corrected chi connectivity index (χ4v) is 5.00. The summed E-state index contributed by atoms with van der Waals surface area (Å²) in [6, 6.07) is 9.09. The van der Waals surface area contributed by atoms with Gasteiger partial charge in [0.25, 0.3) is 5.91 Å². The van der Waals surface area contributed by atoms with Crippen molar-refractivity contribution < 1.29 is 18.0 Å². The largest absolute Gasteiger partial charge is 0.416 e. The molecule has 2 aromatic carbocycles. The van der Waals surface area contributed by atoms with Crippen LogP contribution in [0.2, 0.25) is 0 Å². The lowest BCUT2D eigenvalue weighted by Gasteiger charge is -2.33. The van der Waals surface area contributed by atoms with Crippen LogP contribution in [0.25, 0.3) is 0 Å². The minimum atomic E-state index is -4.54. The Labute approximate surface area is 238 Å². The summed E-state index contributed by atoms with van der Waals surface area (Å²) in [5.41, 5.74) is 3.98. The quantitative estimate of drug-likeness (QED) is 0.408. The highest BCUT2D eigenvalue weighted by atomic mass is 19.4. The zero-order valence-electron chi connectivity index (χ0n) is 23.2. The molecule has 0 saturated carbocycles. The van der Waals surface area contributed by atoms with Crippen LogP contribution in [0.5, 0.6) is 0 Å². The van der Waals surface area contributed by atoms with Gasteiger partial charge >= 0.3 is 6.18 Å². The summed E-state index contributed by atoms with van der Waals surface area (Å²) in [4.78, 5) is 26.1. The van der Waals surface area contributed by atoms with E-state index in [0.29, 0.717) is 29.8 Å². The van der Waals surface area contributed by atoms with Crippen LogP contribution in [0, 0.1) is 18.8 Å². The predicted molar refractivity (Wildman–Crippen MR) is 155 cm³/mol. The molecule has 1 N–H and O–H groups in total. The highest BCUT2D eigenvalue weighted by molar-refractivity contribution is 6.04. The lowest BCUT2D eigenvalue weighted by molar-refractivity contribution is -0.138. The van der Waals surface area contributed by atoms with Crippen molar-refractivity contribution in [1.82, 2.24) is 14.8 Å². The van der Waals surface area contributed by atoms with Gasteiger partial charge in [0.1, 0.15) is 0 Å². The Morgan fingerprint density at radius 2 is 1.80 bits per heavy atom. The zero-order chi connectivity index (χ0) is 29.0. The van der Waals surface area contributed by atoms with Crippen LogP contribution in [-0.2, 0) is 19.1 Å². The third kappa shape index (κ3) is 7.02. The number of benzene rings is 2. The summed E-state index contributed by atoms with van der Waals surface area (Å²) in [6.07, 6.45) is 3.67. The number of halogens is 3. The number of amides is 1. The van der Waals surface area contributed by atoms with Crippen LogP contribution < -0.4 is 5.32 Å². The maximum absolute atomic E-state index is 14.0. The van der Waals surface area contributed by atoms with E-state index >= 15 is 0 Å². The van der Waals surface area contributed by atoms with E-state index in [1.54, 1.807) is 24.4 Å². The minimum Gasteiger partial charge on any atom is -0.322 e. The number of anilines is 1. The number of hydrogen-bond donors (Lipinski definition) is 1. The molecule has 1 fully saturated rings. The molecule has 5 rings (SSSR count). The standard InChI is InChI=1S/C32H32F3N5O/c1-22-6-7-24(17-23(22)8-9-26-20-36-19-25-5-3-4-12-37-30(25)26)31(41)38-28-11-10-27(29(18-28)32(33,34)35)21-40-15-13-39(2)14-16-40/h6-7,10-12,17-20H,3-5,13-16,21H2,1-2H3,(H,38,41). The Morgan fingerprint density at radius 1 is 1.02 bits per heavy atom. The molecule has 0 unspecified atom stereocenters. The van der Waals surface area contributed by atoms with Gasteiger partial charge in [-0.05, 0) is 74.2 Å². The second-order valence-corrected chi connectivity index (χ2v) is 10.6. The van der Waals surface area contributed by atoms with E-state index in [-0.39, 0.29) is 17.8 Å². The SMILES string of the molecule is Cc1ccc(C(=O)Nc2ccc(CN3CCN(C)CC3)c(C(F)(F)F)c2)cc1C#Cc1cncc2c1N=CCCC2. The van der Waals surface area contributed by atoms with Crippen molar-refractivity contribution in [3.63, 3.8) is 0 Å². The number of pyridine rings is 1. The maximum atomic E-state index is 14.0. The maximum Gasteiger partial charge on any atom is 0.416 e. The average Bonchev–Trinajstić information content (AvgIpc) is 3.20. The highest BCUT2D eigenvalue weighted by Gasteiger charge is 2.34. The highest BCUT2D eigenvalue weighted by Crippen LogP contribution is 2.35. The lowest BCUT2D eigenvalue weighted by Crippen LogP contribution is -2.44. The number of aliphatic imine (C=N–C) groups is 1. The fraction of sp³-hybridized carbons (Fsp3) is 0.344. The van der Waals surface area contributed by atoms with E-state index < -0.39 is 17.6 Å². The smallest absolute Gasteiger partial charge is 0.322 e. The van der Waals surface area contributed by atoms with Crippen LogP contribution in [0.15, 0.2) is 53.8 Å². The zero-order valence-corrected chi connectivity index (χ0v) is 23.2. The van der Waals surface area contributed by atoms with Gasteiger partial charge in [0.15, 0.2) is 0 Å². The first-order valence-corrected chi connectivity index (χ1v) is 13.7. The average molecular weight is 560 g/mol. The van der Waals surface area contributed by atoms with Gasteiger partial charge in [0.2, 0.25) is 0 Å². The molecule has 0 aliphatic carbocycles. The number of rotatable bonds is 4. The van der Waals surface area contributed by atoms with Crippen molar-refractivity contribution in [2.24, 2.45) is 4.99 Å². The van der Waals surface area contributed by atoms with E-state index in [0.717, 1.165) is 55.2 Å². The molecule has 3 heterocycles. The molecule has 1 saturated heterocycles. The molecule has 9 heteroatoms. The van der Waals surface area contributed by atoms with Gasteiger partial charge in [0.05, 0.1) is 16.8 Å². The molecule has 6 nitrogen and oxygen atoms in total. The van der Waals surface area contributed by atoms with Crippen LogP contribution in [0.1, 0.15) is 56.6 Å². The molecule has 0 atom stereocenters. The van der Waals surface area contributed by atoms with Crippen molar-refractivity contribution >= 4 is 23.5 Å². The molecule has 212 valence electrons. The molecule has 1 amide bonds. The van der Waals surface area contributed by atoms with Crippen LogP contribution in [0.3, 0.4) is 0 Å². The number of carbonyl (C=O) groups excluding carboxylic acids is 1. The van der Waals surface area contributed by atoms with E-state index in [9.17, 15) is 18.0 Å². The Balaban J connectivity index is 1.35. The van der Waals surface area contributed by atoms with Crippen molar-refractivity contribution in [3.8, 4) is 11.8 Å². The topological polar surface area (TPSA) is 60.8 Å². The summed E-state index contributed by atoms with van der Waals surface area (Å²) in [7, 11) is 2.00. The number of nitrogens with zero attached hydrogens (tertiary/aromatic N) is 4. The van der Waals surface area contributed by atoms with Crippen molar-refractivity contribution in [2.75, 3.05) is 38.5 Å². The van der Waals surface area contributed by atoms with E-state index in [2.05, 4.69) is 32.0 Å². The number of aryl methyl sites for hydroxylation is 2. The molecule has 2 aliphatic heterocycles. The van der Waals surface area contributed by atoms with Crippen LogP contribution >= 0.6 is 0 Å². The molecule has 0 radical (unpaired) electrons. The van der Waals surface area contributed by atoms with Gasteiger partial charge in [-0.15, -0.1) is 0 Å². The fourth-order valence-electron chi connectivity index (χ4n) is 5.00. The van der Waals surface area contributed by atoms with Gasteiger partial charge < -0.3 is 10.2 Å². The first kappa shape index (κ1) is 28.5. The van der Waals surface area contributed by atoms with Crippen molar-refractivity contribution in [2.45, 2.75) is 38.9 Å². The number of fused-ring (bicyclic) bond motifs is 1. The van der Waals surface area contributed by atoms with Gasteiger partial charge in [0, 0.05) is 68.1 Å². The van der Waals surface area contributed by atoms with E-state index in [1.165, 1.54) is 12.1 Å². The molecule has 0 bridgehead atoms. The number of aromatic nitrogens is 1. The van der Waals surface area contributed by atoms with Crippen LogP contribution in [0.4, 0.5) is 24.5 Å². The van der Waals surface area contributed by atoms with E-state index in [1.807, 2.05) is 31.3 Å². The monoisotopic (exact) mass is 559 g/mol. The summed E-state index contributed by atoms with van der Waals surface area (Å²) in [5.74, 6) is 5.78. The molecular weight excluding hydrogens is 527 g/mol. The van der Waals surface area contributed by atoms with Gasteiger partial charge in [-0.25, -0.2) is 0 Å². The third-order valence-corrected chi connectivity index (χ3v) is 7.49. The van der Waals surface area contributed by atoms with Crippen LogP contribution in [-0.4, -0.2) is 60.1 Å². The Bertz CT molecular complexity index is 1530. The molecule has 2 aliphatic rings. The van der Waals surface area contributed by atoms with Gasteiger partial charge in [-0.3, -0.25) is 19.7 Å². The van der Waals surface area contributed by atoms with Crippen molar-refractivity contribution in [3.05, 3.63) is 87.7 Å². The molecule has 41 heavy (non-hydrogen) atoms. The number of carbonyl (C=O) groups is 1. The lowest BCUT2D eigenvalue weighted by atomic mass is 10.0. The Morgan fingerprint density at radius 3 is 2.59 bits per heavy atom. The molecular formula is C32H32F3N5O. The molecule has 0 spiro atoms. The first-order valence-electron chi connectivity index (χ1n) is 13.7. The minimum absolute atomic E-state index is 0.0913. The second-order valence-electron chi connectivity index (χ2n) is 10.6. The number of likely N-dealkylation sites (N-methyl/N-ethyl adjacent to an activating group) is 1. The third-order valence-electron chi connectivity index (χ3n) is 7.49. The number of nitrogens with one attached hydrogen (secondary N) is 1. The van der Waals surface area contributed by atoms with Gasteiger partial charge in [-0.1, -0.05) is 24.0 Å². The van der Waals surface area contributed by atoms with Crippen molar-refractivity contribution in [1.29, 1.82) is 0 Å². The summed E-state index contributed by atoms with van der Waals surface area (Å²) in [6.45, 7) is 5.15.